The Morgan fingerprint density at radius 2 is 2.25 bits per heavy atom. The summed E-state index contributed by atoms with van der Waals surface area (Å²) in [5.74, 6) is 1.89. The normalized spacial score (nSPS) is 25.7. The van der Waals surface area contributed by atoms with Crippen LogP contribution in [0.3, 0.4) is 0 Å². The molecule has 132 valence electrons. The number of fused-ring (bicyclic) bond motifs is 1. The zero-order valence-electron chi connectivity index (χ0n) is 14.6. The number of rotatable bonds is 5. The Morgan fingerprint density at radius 3 is 3.00 bits per heavy atom. The van der Waals surface area contributed by atoms with Crippen LogP contribution in [0.4, 0.5) is 0 Å². The molecule has 3 atom stereocenters. The van der Waals surface area contributed by atoms with Crippen LogP contribution in [0.25, 0.3) is 0 Å². The van der Waals surface area contributed by atoms with E-state index in [-0.39, 0.29) is 24.0 Å². The van der Waals surface area contributed by atoms with Crippen molar-refractivity contribution in [1.82, 2.24) is 5.32 Å². The Hall–Kier alpha value is -1.75. The van der Waals surface area contributed by atoms with Crippen molar-refractivity contribution in [3.63, 3.8) is 0 Å². The average Bonchev–Trinajstić information content (AvgIpc) is 2.91. The molecular weight excluding hydrogens is 304 g/mol. The molecule has 1 saturated carbocycles. The molecule has 3 unspecified atom stereocenters. The lowest BCUT2D eigenvalue weighted by molar-refractivity contribution is -0.126. The summed E-state index contributed by atoms with van der Waals surface area (Å²) in [5, 5.41) is 3.06. The lowest BCUT2D eigenvalue weighted by Crippen LogP contribution is -2.37. The Labute approximate surface area is 143 Å². The van der Waals surface area contributed by atoms with E-state index in [1.807, 2.05) is 13.0 Å². The van der Waals surface area contributed by atoms with E-state index in [2.05, 4.69) is 18.3 Å². The first-order valence-electron chi connectivity index (χ1n) is 9.05. The van der Waals surface area contributed by atoms with Crippen LogP contribution in [0.1, 0.15) is 50.7 Å². The molecule has 5 nitrogen and oxygen atoms in total. The highest BCUT2D eigenvalue weighted by molar-refractivity contribution is 5.78. The van der Waals surface area contributed by atoms with Gasteiger partial charge in [0.15, 0.2) is 0 Å². The molecular formula is C19H28N2O3. The van der Waals surface area contributed by atoms with Crippen LogP contribution in [0.5, 0.6) is 11.5 Å². The zero-order chi connectivity index (χ0) is 17.1. The molecule has 0 saturated heterocycles. The van der Waals surface area contributed by atoms with E-state index in [9.17, 15) is 4.79 Å². The molecule has 3 N–H and O–H groups in total. The van der Waals surface area contributed by atoms with E-state index in [1.54, 1.807) is 0 Å². The summed E-state index contributed by atoms with van der Waals surface area (Å²) < 4.78 is 11.6. The summed E-state index contributed by atoms with van der Waals surface area (Å²) in [7, 11) is 0. The molecule has 1 heterocycles. The number of hydrogen-bond acceptors (Lipinski definition) is 4. The predicted molar refractivity (Wildman–Crippen MR) is 93.2 cm³/mol. The quantitative estimate of drug-likeness (QED) is 0.869. The van der Waals surface area contributed by atoms with Gasteiger partial charge >= 0.3 is 0 Å². The topological polar surface area (TPSA) is 73.6 Å². The number of benzene rings is 1. The van der Waals surface area contributed by atoms with Gasteiger partial charge in [0.1, 0.15) is 17.6 Å². The maximum absolute atomic E-state index is 12.4. The predicted octanol–water partition coefficient (Wildman–Crippen LogP) is 2.54. The maximum atomic E-state index is 12.4. The highest BCUT2D eigenvalue weighted by atomic mass is 16.5. The molecule has 0 aromatic heterocycles. The zero-order valence-corrected chi connectivity index (χ0v) is 14.6. The van der Waals surface area contributed by atoms with E-state index in [1.165, 1.54) is 5.56 Å². The van der Waals surface area contributed by atoms with Gasteiger partial charge in [0.25, 0.3) is 0 Å². The van der Waals surface area contributed by atoms with Crippen molar-refractivity contribution in [2.24, 2.45) is 11.7 Å². The third-order valence-corrected chi connectivity index (χ3v) is 4.92. The third-order valence-electron chi connectivity index (χ3n) is 4.92. The SMILES string of the molecule is CCOc1cc2c(cc1CNC(=O)C1CCCC(N)C1)OC(C)C2. The van der Waals surface area contributed by atoms with Gasteiger partial charge in [-0.15, -0.1) is 0 Å². The molecule has 24 heavy (non-hydrogen) atoms. The molecule has 1 aliphatic heterocycles. The largest absolute Gasteiger partial charge is 0.494 e. The summed E-state index contributed by atoms with van der Waals surface area (Å²) in [4.78, 5) is 12.4. The lowest BCUT2D eigenvalue weighted by atomic mass is 9.85. The van der Waals surface area contributed by atoms with Gasteiger partial charge in [0.05, 0.1) is 6.61 Å². The molecule has 3 rings (SSSR count). The van der Waals surface area contributed by atoms with Crippen molar-refractivity contribution in [2.75, 3.05) is 6.61 Å². The lowest BCUT2D eigenvalue weighted by Gasteiger charge is -2.25. The second-order valence-corrected chi connectivity index (χ2v) is 6.97. The van der Waals surface area contributed by atoms with E-state index in [0.29, 0.717) is 13.2 Å². The first-order valence-corrected chi connectivity index (χ1v) is 9.05. The minimum Gasteiger partial charge on any atom is -0.494 e. The van der Waals surface area contributed by atoms with Crippen molar-refractivity contribution < 1.29 is 14.3 Å². The second-order valence-electron chi connectivity index (χ2n) is 6.97. The minimum absolute atomic E-state index is 0.0370. The fourth-order valence-corrected chi connectivity index (χ4v) is 3.70. The van der Waals surface area contributed by atoms with Crippen molar-refractivity contribution in [1.29, 1.82) is 0 Å². The van der Waals surface area contributed by atoms with Gasteiger partial charge in [-0.05, 0) is 45.2 Å². The van der Waals surface area contributed by atoms with Crippen molar-refractivity contribution >= 4 is 5.91 Å². The summed E-state index contributed by atoms with van der Waals surface area (Å²) >= 11 is 0. The van der Waals surface area contributed by atoms with Crippen LogP contribution in [0.2, 0.25) is 0 Å². The first kappa shape index (κ1) is 17.1. The fraction of sp³-hybridized carbons (Fsp3) is 0.632. The van der Waals surface area contributed by atoms with Gasteiger partial charge in [-0.2, -0.15) is 0 Å². The van der Waals surface area contributed by atoms with E-state index < -0.39 is 0 Å². The van der Waals surface area contributed by atoms with Crippen molar-refractivity contribution in [3.8, 4) is 11.5 Å². The van der Waals surface area contributed by atoms with Crippen LogP contribution < -0.4 is 20.5 Å². The molecule has 0 bridgehead atoms. The van der Waals surface area contributed by atoms with Crippen LogP contribution >= 0.6 is 0 Å². The number of hydrogen-bond donors (Lipinski definition) is 2. The second kappa shape index (κ2) is 7.43. The van der Waals surface area contributed by atoms with Crippen LogP contribution in [0.15, 0.2) is 12.1 Å². The average molecular weight is 332 g/mol. The summed E-state index contributed by atoms with van der Waals surface area (Å²) in [6.45, 7) is 5.10. The van der Waals surface area contributed by atoms with Gasteiger partial charge in [-0.25, -0.2) is 0 Å². The summed E-state index contributed by atoms with van der Waals surface area (Å²) in [6.07, 6.45) is 4.88. The van der Waals surface area contributed by atoms with Gasteiger partial charge in [-0.1, -0.05) is 6.42 Å². The number of nitrogens with one attached hydrogen (secondary N) is 1. The van der Waals surface area contributed by atoms with E-state index >= 15 is 0 Å². The summed E-state index contributed by atoms with van der Waals surface area (Å²) in [5.41, 5.74) is 8.14. The van der Waals surface area contributed by atoms with E-state index in [4.69, 9.17) is 15.2 Å². The van der Waals surface area contributed by atoms with Crippen LogP contribution in [0, 0.1) is 5.92 Å². The smallest absolute Gasteiger partial charge is 0.223 e. The number of carbonyl (C=O) groups is 1. The number of nitrogens with two attached hydrogens (primary N) is 1. The van der Waals surface area contributed by atoms with Gasteiger partial charge < -0.3 is 20.5 Å². The molecule has 1 aromatic rings. The molecule has 1 amide bonds. The minimum atomic E-state index is 0.0370. The monoisotopic (exact) mass is 332 g/mol. The van der Waals surface area contributed by atoms with Gasteiger partial charge in [0, 0.05) is 36.1 Å². The Morgan fingerprint density at radius 1 is 1.42 bits per heavy atom. The fourth-order valence-electron chi connectivity index (χ4n) is 3.70. The molecule has 2 aliphatic rings. The molecule has 1 fully saturated rings. The third kappa shape index (κ3) is 3.83. The van der Waals surface area contributed by atoms with E-state index in [0.717, 1.165) is 49.2 Å². The molecule has 1 aliphatic carbocycles. The molecule has 0 spiro atoms. The molecule has 5 heteroatoms. The number of ether oxygens (including phenoxy) is 2. The first-order chi connectivity index (χ1) is 11.6. The highest BCUT2D eigenvalue weighted by Crippen LogP contribution is 2.35. The van der Waals surface area contributed by atoms with Crippen molar-refractivity contribution in [3.05, 3.63) is 23.3 Å². The highest BCUT2D eigenvalue weighted by Gasteiger charge is 2.26. The standard InChI is InChI=1S/C19H28N2O3/c1-3-23-17-9-14-7-12(2)24-18(14)10-15(17)11-21-19(22)13-5-4-6-16(20)8-13/h9-10,12-13,16H,3-8,11,20H2,1-2H3,(H,21,22). The van der Waals surface area contributed by atoms with Gasteiger partial charge in [0.2, 0.25) is 5.91 Å². The Balaban J connectivity index is 1.67. The van der Waals surface area contributed by atoms with Gasteiger partial charge in [-0.3, -0.25) is 4.79 Å². The Kier molecular flexibility index (Phi) is 5.29. The van der Waals surface area contributed by atoms with Crippen LogP contribution in [-0.4, -0.2) is 24.7 Å². The number of amides is 1. The molecule has 0 radical (unpaired) electrons. The number of carbonyl (C=O) groups excluding carboxylic acids is 1. The van der Waals surface area contributed by atoms with Crippen molar-refractivity contribution in [2.45, 2.75) is 64.6 Å². The summed E-state index contributed by atoms with van der Waals surface area (Å²) in [6, 6.07) is 4.22. The Bertz CT molecular complexity index is 603. The van der Waals surface area contributed by atoms with Crippen LogP contribution in [-0.2, 0) is 17.8 Å². The maximum Gasteiger partial charge on any atom is 0.223 e. The molecule has 1 aromatic carbocycles.